The van der Waals surface area contributed by atoms with Crippen molar-refractivity contribution in [3.8, 4) is 0 Å². The third kappa shape index (κ3) is 7.96. The third-order valence-corrected chi connectivity index (χ3v) is 1.51. The molecule has 0 bridgehead atoms. The quantitative estimate of drug-likeness (QED) is 0.514. The van der Waals surface area contributed by atoms with Crippen molar-refractivity contribution in [2.24, 2.45) is 0 Å². The summed E-state index contributed by atoms with van der Waals surface area (Å²) in [5.41, 5.74) is 0. The number of rotatable bonds is 6. The van der Waals surface area contributed by atoms with Crippen LogP contribution in [-0.2, 0) is 0 Å². The Morgan fingerprint density at radius 3 is 2.40 bits per heavy atom. The van der Waals surface area contributed by atoms with Crippen molar-refractivity contribution >= 4 is 0 Å². The Morgan fingerprint density at radius 1 is 1.20 bits per heavy atom. The van der Waals surface area contributed by atoms with E-state index in [9.17, 15) is 0 Å². The molecule has 0 N–H and O–H groups in total. The molecule has 0 aliphatic heterocycles. The molecule has 10 heavy (non-hydrogen) atoms. The lowest BCUT2D eigenvalue weighted by atomic mass is 10.1. The molecule has 0 heterocycles. The van der Waals surface area contributed by atoms with E-state index in [1.165, 1.54) is 25.7 Å². The maximum atomic E-state index is 2.36. The molecule has 0 amide bonds. The molecular formula is C9H20N. The second kappa shape index (κ2) is 7.07. The van der Waals surface area contributed by atoms with E-state index in [0.717, 1.165) is 6.54 Å². The molecule has 0 aliphatic carbocycles. The summed E-state index contributed by atoms with van der Waals surface area (Å²) < 4.78 is 0. The summed E-state index contributed by atoms with van der Waals surface area (Å²) in [4.78, 5) is 2.20. The van der Waals surface area contributed by atoms with Crippen LogP contribution in [0.2, 0.25) is 0 Å². The minimum absolute atomic E-state index is 1.13. The predicted molar refractivity (Wildman–Crippen MR) is 47.0 cm³/mol. The van der Waals surface area contributed by atoms with E-state index in [2.05, 4.69) is 32.3 Å². The van der Waals surface area contributed by atoms with Crippen molar-refractivity contribution < 1.29 is 0 Å². The van der Waals surface area contributed by atoms with E-state index in [1.54, 1.807) is 0 Å². The van der Waals surface area contributed by atoms with Gasteiger partial charge in [-0.25, -0.2) is 0 Å². The molecular weight excluding hydrogens is 122 g/mol. The zero-order chi connectivity index (χ0) is 7.82. The lowest BCUT2D eigenvalue weighted by Crippen LogP contribution is -2.13. The second-order valence-electron chi connectivity index (χ2n) is 3.05. The smallest absolute Gasteiger partial charge is 0.000669 e. The molecule has 0 spiro atoms. The van der Waals surface area contributed by atoms with E-state index in [-0.39, 0.29) is 0 Å². The Balaban J connectivity index is 2.77. The van der Waals surface area contributed by atoms with Gasteiger partial charge in [-0.05, 0) is 26.9 Å². The van der Waals surface area contributed by atoms with Crippen LogP contribution in [-0.4, -0.2) is 25.5 Å². The van der Waals surface area contributed by atoms with Crippen molar-refractivity contribution in [3.05, 3.63) is 6.42 Å². The maximum absolute atomic E-state index is 2.36. The Kier molecular flexibility index (Phi) is 7.04. The molecule has 0 saturated heterocycles. The fraction of sp³-hybridized carbons (Fsp3) is 0.889. The van der Waals surface area contributed by atoms with Gasteiger partial charge in [-0.1, -0.05) is 26.2 Å². The first-order chi connectivity index (χ1) is 4.77. The van der Waals surface area contributed by atoms with Gasteiger partial charge < -0.3 is 4.90 Å². The fourth-order valence-electron chi connectivity index (χ4n) is 0.888. The summed E-state index contributed by atoms with van der Waals surface area (Å²) in [6.07, 6.45) is 7.71. The van der Waals surface area contributed by atoms with Crippen LogP contribution in [0.5, 0.6) is 0 Å². The van der Waals surface area contributed by atoms with Crippen molar-refractivity contribution in [1.29, 1.82) is 0 Å². The zero-order valence-corrected chi connectivity index (χ0v) is 7.56. The van der Waals surface area contributed by atoms with Gasteiger partial charge in [-0.15, -0.1) is 0 Å². The average molecular weight is 142 g/mol. The molecule has 0 unspecified atom stereocenters. The second-order valence-corrected chi connectivity index (χ2v) is 3.05. The summed E-state index contributed by atoms with van der Waals surface area (Å²) in [7, 11) is 4.21. The zero-order valence-electron chi connectivity index (χ0n) is 7.56. The third-order valence-electron chi connectivity index (χ3n) is 1.51. The molecule has 0 atom stereocenters. The van der Waals surface area contributed by atoms with Crippen LogP contribution in [0.1, 0.15) is 32.6 Å². The van der Waals surface area contributed by atoms with Gasteiger partial charge in [0.05, 0.1) is 0 Å². The van der Waals surface area contributed by atoms with Gasteiger partial charge in [0.15, 0.2) is 0 Å². The number of unbranched alkanes of at least 4 members (excludes halogenated alkanes) is 4. The minimum atomic E-state index is 1.13. The highest BCUT2D eigenvalue weighted by Crippen LogP contribution is 2.01. The molecule has 0 rings (SSSR count). The van der Waals surface area contributed by atoms with Crippen molar-refractivity contribution in [2.45, 2.75) is 32.6 Å². The summed E-state index contributed by atoms with van der Waals surface area (Å²) in [6.45, 7) is 3.37. The topological polar surface area (TPSA) is 3.24 Å². The van der Waals surface area contributed by atoms with E-state index >= 15 is 0 Å². The highest BCUT2D eigenvalue weighted by molar-refractivity contribution is 4.66. The average Bonchev–Trinajstić information content (AvgIpc) is 1.87. The van der Waals surface area contributed by atoms with Gasteiger partial charge in [-0.3, -0.25) is 0 Å². The Bertz CT molecular complexity index is 59.7. The first-order valence-corrected chi connectivity index (χ1v) is 4.23. The normalized spacial score (nSPS) is 10.8. The molecule has 0 fully saturated rings. The molecule has 0 aromatic heterocycles. The summed E-state index contributed by atoms with van der Waals surface area (Å²) in [5.74, 6) is 0. The standard InChI is InChI=1S/C9H20N/c1-4-5-6-7-8-9-10(2)3/h8H,4-7,9H2,1-3H3. The molecule has 0 aromatic rings. The van der Waals surface area contributed by atoms with E-state index in [0.29, 0.717) is 0 Å². The number of nitrogens with zero attached hydrogens (tertiary/aromatic N) is 1. The minimum Gasteiger partial charge on any atom is -0.309 e. The highest BCUT2D eigenvalue weighted by atomic mass is 15.0. The molecule has 1 heteroatoms. The van der Waals surface area contributed by atoms with Gasteiger partial charge in [0, 0.05) is 6.54 Å². The van der Waals surface area contributed by atoms with Gasteiger partial charge >= 0.3 is 0 Å². The van der Waals surface area contributed by atoms with Crippen molar-refractivity contribution in [2.75, 3.05) is 20.6 Å². The summed E-state index contributed by atoms with van der Waals surface area (Å²) in [6, 6.07) is 0. The first kappa shape index (κ1) is 9.96. The monoisotopic (exact) mass is 142 g/mol. The van der Waals surface area contributed by atoms with Crippen LogP contribution in [0.3, 0.4) is 0 Å². The van der Waals surface area contributed by atoms with Gasteiger partial charge in [0.2, 0.25) is 0 Å². The van der Waals surface area contributed by atoms with E-state index < -0.39 is 0 Å². The van der Waals surface area contributed by atoms with Crippen LogP contribution in [0.15, 0.2) is 0 Å². The molecule has 1 radical (unpaired) electrons. The number of hydrogen-bond acceptors (Lipinski definition) is 1. The van der Waals surface area contributed by atoms with Crippen LogP contribution in [0, 0.1) is 6.42 Å². The predicted octanol–water partition coefficient (Wildman–Crippen LogP) is 2.33. The van der Waals surface area contributed by atoms with Crippen molar-refractivity contribution in [1.82, 2.24) is 4.90 Å². The van der Waals surface area contributed by atoms with Crippen LogP contribution >= 0.6 is 0 Å². The molecule has 0 aromatic carbocycles. The maximum Gasteiger partial charge on any atom is 0.000669 e. The van der Waals surface area contributed by atoms with Crippen molar-refractivity contribution in [3.63, 3.8) is 0 Å². The molecule has 0 aliphatic rings. The summed E-state index contributed by atoms with van der Waals surface area (Å²) >= 11 is 0. The largest absolute Gasteiger partial charge is 0.309 e. The Morgan fingerprint density at radius 2 is 1.90 bits per heavy atom. The van der Waals surface area contributed by atoms with Gasteiger partial charge in [0.25, 0.3) is 0 Å². The Labute approximate surface area is 65.4 Å². The Hall–Kier alpha value is -0.0400. The lowest BCUT2D eigenvalue weighted by molar-refractivity contribution is 0.433. The highest BCUT2D eigenvalue weighted by Gasteiger charge is 1.90. The molecule has 0 saturated carbocycles. The molecule has 1 nitrogen and oxygen atoms in total. The first-order valence-electron chi connectivity index (χ1n) is 4.23. The van der Waals surface area contributed by atoms with E-state index in [4.69, 9.17) is 0 Å². The van der Waals surface area contributed by atoms with Crippen LogP contribution in [0.4, 0.5) is 0 Å². The summed E-state index contributed by atoms with van der Waals surface area (Å²) in [5, 5.41) is 0. The molecule has 61 valence electrons. The van der Waals surface area contributed by atoms with Gasteiger partial charge in [-0.2, -0.15) is 0 Å². The fourth-order valence-corrected chi connectivity index (χ4v) is 0.888. The van der Waals surface area contributed by atoms with E-state index in [1.807, 2.05) is 0 Å². The lowest BCUT2D eigenvalue weighted by Gasteiger charge is -2.07. The van der Waals surface area contributed by atoms with Gasteiger partial charge in [0.1, 0.15) is 0 Å². The van der Waals surface area contributed by atoms with Crippen LogP contribution in [0.25, 0.3) is 0 Å². The SMILES string of the molecule is CCCCC[CH]CN(C)C. The van der Waals surface area contributed by atoms with Crippen LogP contribution < -0.4 is 0 Å². The number of hydrogen-bond donors (Lipinski definition) is 0.